The van der Waals surface area contributed by atoms with E-state index in [1.807, 2.05) is 6.07 Å². The lowest BCUT2D eigenvalue weighted by Crippen LogP contribution is -2.38. The van der Waals surface area contributed by atoms with Crippen LogP contribution in [0.3, 0.4) is 0 Å². The predicted octanol–water partition coefficient (Wildman–Crippen LogP) is 6.10. The molecule has 2 atom stereocenters. The lowest BCUT2D eigenvalue weighted by Gasteiger charge is -2.36. The zero-order chi connectivity index (χ0) is 27.3. The first-order chi connectivity index (χ1) is 18.8. The minimum absolute atomic E-state index is 0.0586. The van der Waals surface area contributed by atoms with E-state index in [2.05, 4.69) is 31.4 Å². The van der Waals surface area contributed by atoms with E-state index in [0.29, 0.717) is 28.7 Å². The summed E-state index contributed by atoms with van der Waals surface area (Å²) in [4.78, 5) is 27.4. The Hall–Kier alpha value is -3.72. The number of esters is 1. The third kappa shape index (κ3) is 4.58. The second-order valence-electron chi connectivity index (χ2n) is 10.9. The average molecular weight is 549 g/mol. The third-order valence-corrected chi connectivity index (χ3v) is 9.58. The molecule has 39 heavy (non-hydrogen) atoms. The van der Waals surface area contributed by atoms with Crippen molar-refractivity contribution >= 4 is 28.2 Å². The maximum absolute atomic E-state index is 13.3. The fraction of sp³-hybridized carbons (Fsp3) is 0.400. The van der Waals surface area contributed by atoms with Crippen LogP contribution in [0.25, 0.3) is 0 Å². The van der Waals surface area contributed by atoms with Crippen molar-refractivity contribution < 1.29 is 28.5 Å². The zero-order valence-corrected chi connectivity index (χ0v) is 23.3. The van der Waals surface area contributed by atoms with E-state index in [-0.39, 0.29) is 23.9 Å². The summed E-state index contributed by atoms with van der Waals surface area (Å²) in [6.07, 6.45) is 3.78. The van der Waals surface area contributed by atoms with Crippen LogP contribution in [0, 0.1) is 11.3 Å². The van der Waals surface area contributed by atoms with Crippen LogP contribution in [0.2, 0.25) is 0 Å². The van der Waals surface area contributed by atoms with Gasteiger partial charge in [-0.25, -0.2) is 4.79 Å². The monoisotopic (exact) mass is 548 g/mol. The molecule has 204 valence electrons. The largest absolute Gasteiger partial charge is 0.493 e. The van der Waals surface area contributed by atoms with Crippen molar-refractivity contribution in [1.82, 2.24) is 5.32 Å². The molecule has 0 radical (unpaired) electrons. The molecule has 8 nitrogen and oxygen atoms in total. The number of anilines is 1. The summed E-state index contributed by atoms with van der Waals surface area (Å²) in [5.74, 6) is 1.78. The Balaban J connectivity index is 1.21. The fourth-order valence-corrected chi connectivity index (χ4v) is 6.90. The van der Waals surface area contributed by atoms with E-state index in [1.54, 1.807) is 41.7 Å². The van der Waals surface area contributed by atoms with Gasteiger partial charge in [0.15, 0.2) is 23.0 Å². The molecular weight excluding hydrogens is 516 g/mol. The van der Waals surface area contributed by atoms with Crippen LogP contribution in [0.1, 0.15) is 76.5 Å². The van der Waals surface area contributed by atoms with Gasteiger partial charge in [-0.1, -0.05) is 33.3 Å². The molecule has 9 heteroatoms. The summed E-state index contributed by atoms with van der Waals surface area (Å²) in [6.45, 7) is 7.08. The number of hydrogen-bond acceptors (Lipinski definition) is 8. The molecule has 0 spiro atoms. The molecule has 2 N–H and O–H groups in total. The molecule has 3 aromatic rings. The number of fused-ring (bicyclic) bond motifs is 4. The molecule has 1 amide bonds. The van der Waals surface area contributed by atoms with Crippen molar-refractivity contribution in [3.63, 3.8) is 0 Å². The van der Waals surface area contributed by atoms with Crippen LogP contribution in [0.4, 0.5) is 5.00 Å². The molecule has 3 heterocycles. The minimum atomic E-state index is -0.540. The van der Waals surface area contributed by atoms with Gasteiger partial charge in [-0.15, -0.1) is 11.3 Å². The molecule has 2 aromatic carbocycles. The van der Waals surface area contributed by atoms with Crippen molar-refractivity contribution in [3.05, 3.63) is 63.5 Å². The van der Waals surface area contributed by atoms with Gasteiger partial charge in [0.05, 0.1) is 18.2 Å². The number of rotatable bonds is 6. The lowest BCUT2D eigenvalue weighted by molar-refractivity contribution is 0.0729. The molecular formula is C30H32N2O6S. The minimum Gasteiger partial charge on any atom is -0.493 e. The van der Waals surface area contributed by atoms with Crippen molar-refractivity contribution in [2.75, 3.05) is 19.2 Å². The summed E-state index contributed by atoms with van der Waals surface area (Å²) < 4.78 is 21.8. The molecule has 0 saturated heterocycles. The van der Waals surface area contributed by atoms with Crippen LogP contribution < -0.4 is 29.6 Å². The summed E-state index contributed by atoms with van der Waals surface area (Å²) in [5.41, 5.74) is 3.41. The highest BCUT2D eigenvalue weighted by Gasteiger charge is 2.37. The molecule has 2 unspecified atom stereocenters. The molecule has 3 aliphatic rings. The Morgan fingerprint density at radius 3 is 2.72 bits per heavy atom. The first kappa shape index (κ1) is 25.6. The standard InChI is InChI=1S/C30H32N2O6S/c1-5-30(2,3)18-8-9-19-24(14-18)39-28-25(19)27(33)31-26(32-28)16-6-11-21(22(12-16)35-4)38-29(34)17-7-10-20-23(13-17)37-15-36-20/h6-7,10-13,18,26,32H,5,8-9,14-15H2,1-4H3,(H,31,33). The number of methoxy groups -OCH3 is 1. The molecule has 6 rings (SSSR count). The number of carbonyl (C=O) groups excluding carboxylic acids is 2. The normalized spacial score (nSPS) is 19.4. The highest BCUT2D eigenvalue weighted by Crippen LogP contribution is 2.47. The molecule has 2 aliphatic heterocycles. The number of thiophene rings is 1. The van der Waals surface area contributed by atoms with Crippen LogP contribution in [-0.4, -0.2) is 25.8 Å². The second kappa shape index (κ2) is 9.79. The van der Waals surface area contributed by atoms with E-state index in [4.69, 9.17) is 18.9 Å². The van der Waals surface area contributed by atoms with Gasteiger partial charge in [0.1, 0.15) is 11.2 Å². The van der Waals surface area contributed by atoms with Crippen LogP contribution in [0.5, 0.6) is 23.0 Å². The number of amides is 1. The Morgan fingerprint density at radius 1 is 1.10 bits per heavy atom. The number of hydrogen-bond donors (Lipinski definition) is 2. The highest BCUT2D eigenvalue weighted by atomic mass is 32.1. The van der Waals surface area contributed by atoms with Crippen molar-refractivity contribution in [2.24, 2.45) is 11.3 Å². The molecule has 0 bridgehead atoms. The Morgan fingerprint density at radius 2 is 1.92 bits per heavy atom. The smallest absolute Gasteiger partial charge is 0.343 e. The maximum atomic E-state index is 13.3. The van der Waals surface area contributed by atoms with Gasteiger partial charge in [-0.05, 0) is 72.1 Å². The molecule has 0 saturated carbocycles. The number of ether oxygens (including phenoxy) is 4. The molecule has 1 aromatic heterocycles. The van der Waals surface area contributed by atoms with Crippen molar-refractivity contribution in [1.29, 1.82) is 0 Å². The van der Waals surface area contributed by atoms with Gasteiger partial charge in [0, 0.05) is 4.88 Å². The van der Waals surface area contributed by atoms with Crippen molar-refractivity contribution in [2.45, 2.75) is 52.6 Å². The summed E-state index contributed by atoms with van der Waals surface area (Å²) in [7, 11) is 1.52. The van der Waals surface area contributed by atoms with Gasteiger partial charge in [0.25, 0.3) is 5.91 Å². The Bertz CT molecular complexity index is 1460. The van der Waals surface area contributed by atoms with Crippen LogP contribution in [-0.2, 0) is 12.8 Å². The highest BCUT2D eigenvalue weighted by molar-refractivity contribution is 7.16. The fourth-order valence-electron chi connectivity index (χ4n) is 5.55. The first-order valence-corrected chi connectivity index (χ1v) is 14.1. The first-order valence-electron chi connectivity index (χ1n) is 13.3. The molecule has 1 aliphatic carbocycles. The number of carbonyl (C=O) groups is 2. The Kier molecular flexibility index (Phi) is 6.41. The van der Waals surface area contributed by atoms with E-state index >= 15 is 0 Å². The van der Waals surface area contributed by atoms with Gasteiger partial charge >= 0.3 is 5.97 Å². The molecule has 0 fully saturated rings. The lowest BCUT2D eigenvalue weighted by atomic mass is 9.69. The van der Waals surface area contributed by atoms with E-state index in [9.17, 15) is 9.59 Å². The van der Waals surface area contributed by atoms with Crippen LogP contribution in [0.15, 0.2) is 36.4 Å². The second-order valence-corrected chi connectivity index (χ2v) is 12.0. The third-order valence-electron chi connectivity index (χ3n) is 8.39. The van der Waals surface area contributed by atoms with E-state index in [1.165, 1.54) is 17.6 Å². The average Bonchev–Trinajstić information content (AvgIpc) is 3.56. The summed E-state index contributed by atoms with van der Waals surface area (Å²) in [5, 5.41) is 7.55. The zero-order valence-electron chi connectivity index (χ0n) is 22.5. The topological polar surface area (TPSA) is 95.1 Å². The van der Waals surface area contributed by atoms with E-state index < -0.39 is 12.1 Å². The quantitative estimate of drug-likeness (QED) is 0.284. The van der Waals surface area contributed by atoms with Gasteiger partial charge < -0.3 is 29.6 Å². The van der Waals surface area contributed by atoms with Crippen LogP contribution >= 0.6 is 11.3 Å². The maximum Gasteiger partial charge on any atom is 0.343 e. The summed E-state index contributed by atoms with van der Waals surface area (Å²) >= 11 is 1.71. The van der Waals surface area contributed by atoms with Gasteiger partial charge in [0.2, 0.25) is 6.79 Å². The summed E-state index contributed by atoms with van der Waals surface area (Å²) in [6, 6.07) is 10.2. The SMILES string of the molecule is CCC(C)(C)C1CCc2c(sc3c2C(=O)NC(c2ccc(OC(=O)c4ccc5c(c4)OCO5)c(OC)c2)N3)C1. The van der Waals surface area contributed by atoms with Gasteiger partial charge in [-0.3, -0.25) is 4.79 Å². The van der Waals surface area contributed by atoms with Gasteiger partial charge in [-0.2, -0.15) is 0 Å². The number of nitrogens with one attached hydrogen (secondary N) is 2. The predicted molar refractivity (Wildman–Crippen MR) is 148 cm³/mol. The number of benzene rings is 2. The van der Waals surface area contributed by atoms with Crippen molar-refractivity contribution in [3.8, 4) is 23.0 Å². The Labute approximate surface area is 231 Å². The van der Waals surface area contributed by atoms with E-state index in [0.717, 1.165) is 41.8 Å².